The maximum absolute atomic E-state index is 12.6. The zero-order valence-corrected chi connectivity index (χ0v) is 35.8. The van der Waals surface area contributed by atoms with Gasteiger partial charge in [0.1, 0.15) is 0 Å². The molecule has 0 radical (unpaired) electrons. The molecular formula is C47H82N6O2. The molecule has 0 aliphatic rings. The second-order valence-corrected chi connectivity index (χ2v) is 15.7. The molecule has 0 atom stereocenters. The summed E-state index contributed by atoms with van der Waals surface area (Å²) in [5, 5.41) is 12.1. The minimum atomic E-state index is -0.152. The maximum Gasteiger partial charge on any atom is 0.319 e. The van der Waals surface area contributed by atoms with Gasteiger partial charge in [-0.1, -0.05) is 142 Å². The summed E-state index contributed by atoms with van der Waals surface area (Å²) in [4.78, 5) is 30.4. The summed E-state index contributed by atoms with van der Waals surface area (Å²) in [6.45, 7) is 17.2. The van der Waals surface area contributed by atoms with Crippen molar-refractivity contribution in [3.8, 4) is 0 Å². The van der Waals surface area contributed by atoms with Crippen LogP contribution in [0.1, 0.15) is 167 Å². The van der Waals surface area contributed by atoms with E-state index in [4.69, 9.17) is 0 Å². The second-order valence-electron chi connectivity index (χ2n) is 15.7. The molecule has 0 aliphatic carbocycles. The lowest BCUT2D eigenvalue weighted by atomic mass is 10.0. The van der Waals surface area contributed by atoms with Crippen LogP contribution in [0.4, 0.5) is 21.0 Å². The van der Waals surface area contributed by atoms with Gasteiger partial charge in [0.2, 0.25) is 0 Å². The molecule has 0 heterocycles. The van der Waals surface area contributed by atoms with Crippen molar-refractivity contribution in [1.29, 1.82) is 0 Å². The van der Waals surface area contributed by atoms with E-state index in [0.717, 1.165) is 67.9 Å². The van der Waals surface area contributed by atoms with Gasteiger partial charge >= 0.3 is 12.1 Å². The minimum absolute atomic E-state index is 0.152. The summed E-state index contributed by atoms with van der Waals surface area (Å²) in [7, 11) is 0. The van der Waals surface area contributed by atoms with Crippen molar-refractivity contribution in [2.45, 2.75) is 163 Å². The number of nitrogens with one attached hydrogen (secondary N) is 4. The molecule has 0 fully saturated rings. The molecule has 2 rings (SSSR count). The maximum atomic E-state index is 12.6. The third-order valence-electron chi connectivity index (χ3n) is 10.5. The fraction of sp³-hybridized carbons (Fsp3) is 0.702. The molecule has 0 aliphatic heterocycles. The van der Waals surface area contributed by atoms with Crippen LogP contribution in [-0.4, -0.2) is 74.2 Å². The predicted octanol–water partition coefficient (Wildman–Crippen LogP) is 12.0. The highest BCUT2D eigenvalue weighted by Gasteiger charge is 2.09. The van der Waals surface area contributed by atoms with Crippen LogP contribution in [-0.2, 0) is 6.42 Å². The van der Waals surface area contributed by atoms with Crippen LogP contribution < -0.4 is 21.3 Å². The first-order valence-corrected chi connectivity index (χ1v) is 22.7. The smallest absolute Gasteiger partial charge is 0.319 e. The van der Waals surface area contributed by atoms with E-state index in [1.165, 1.54) is 129 Å². The molecule has 0 spiro atoms. The Bertz CT molecular complexity index is 1110. The zero-order valence-electron chi connectivity index (χ0n) is 35.8. The zero-order chi connectivity index (χ0) is 39.6. The van der Waals surface area contributed by atoms with Gasteiger partial charge in [-0.3, -0.25) is 0 Å². The van der Waals surface area contributed by atoms with Crippen LogP contribution in [0.2, 0.25) is 0 Å². The summed E-state index contributed by atoms with van der Waals surface area (Å²) < 4.78 is 0. The molecule has 0 saturated heterocycles. The molecule has 0 saturated carbocycles. The molecule has 0 unspecified atom stereocenters. The van der Waals surface area contributed by atoms with Gasteiger partial charge in [0.05, 0.1) is 0 Å². The normalized spacial score (nSPS) is 11.3. The summed E-state index contributed by atoms with van der Waals surface area (Å²) in [6, 6.07) is 15.8. The summed E-state index contributed by atoms with van der Waals surface area (Å²) in [5.74, 6) is 0. The molecule has 8 nitrogen and oxygen atoms in total. The molecular weight excluding hydrogens is 681 g/mol. The van der Waals surface area contributed by atoms with Crippen molar-refractivity contribution in [2.75, 3.05) is 63.0 Å². The second kappa shape index (κ2) is 33.1. The lowest BCUT2D eigenvalue weighted by Crippen LogP contribution is -2.33. The van der Waals surface area contributed by atoms with Crippen LogP contribution in [0.15, 0.2) is 48.5 Å². The number of unbranched alkanes of at least 4 members (excludes halogenated alkanes) is 14. The quantitative estimate of drug-likeness (QED) is 0.0535. The molecule has 4 amide bonds. The standard InChI is InChI=1S/C47H82N6O2/c1-5-9-13-15-17-21-37-52(35-19-11-7-3)39-23-33-48-46(54)50-44-29-25-42(26-30-44)41-43-27-31-45(32-28-43)51-47(55)49-34-24-40-53(36-20-12-8-4)38-22-18-16-14-10-6-2/h25-32H,5-24,33-41H2,1-4H3,(H2,48,50,54)(H2,49,51,55). The molecule has 0 aromatic heterocycles. The molecule has 55 heavy (non-hydrogen) atoms. The Balaban J connectivity index is 1.66. The highest BCUT2D eigenvalue weighted by Crippen LogP contribution is 2.16. The van der Waals surface area contributed by atoms with Gasteiger partial charge in [0.25, 0.3) is 0 Å². The van der Waals surface area contributed by atoms with E-state index >= 15 is 0 Å². The van der Waals surface area contributed by atoms with Crippen molar-refractivity contribution in [3.05, 3.63) is 59.7 Å². The van der Waals surface area contributed by atoms with Crippen LogP contribution in [0.25, 0.3) is 0 Å². The fourth-order valence-corrected chi connectivity index (χ4v) is 7.08. The van der Waals surface area contributed by atoms with Gasteiger partial charge in [-0.2, -0.15) is 0 Å². The molecule has 2 aromatic carbocycles. The first kappa shape index (κ1) is 48.0. The fourth-order valence-electron chi connectivity index (χ4n) is 7.08. The largest absolute Gasteiger partial charge is 0.338 e. The Morgan fingerprint density at radius 2 is 0.691 bits per heavy atom. The number of hydrogen-bond acceptors (Lipinski definition) is 4. The van der Waals surface area contributed by atoms with E-state index in [1.807, 2.05) is 24.3 Å². The van der Waals surface area contributed by atoms with Crippen molar-refractivity contribution in [1.82, 2.24) is 20.4 Å². The number of nitrogens with zero attached hydrogens (tertiary/aromatic N) is 2. The van der Waals surface area contributed by atoms with Gasteiger partial charge in [0, 0.05) is 24.5 Å². The number of rotatable bonds is 34. The first-order valence-electron chi connectivity index (χ1n) is 22.7. The van der Waals surface area contributed by atoms with E-state index < -0.39 is 0 Å². The molecule has 0 bridgehead atoms. The first-order chi connectivity index (χ1) is 27.0. The van der Waals surface area contributed by atoms with Crippen molar-refractivity contribution in [2.24, 2.45) is 0 Å². The average Bonchev–Trinajstić information content (AvgIpc) is 3.18. The van der Waals surface area contributed by atoms with Crippen LogP contribution in [0.5, 0.6) is 0 Å². The number of carbonyl (C=O) groups excluding carboxylic acids is 2. The topological polar surface area (TPSA) is 88.7 Å². The molecule has 312 valence electrons. The monoisotopic (exact) mass is 763 g/mol. The number of amides is 4. The Kier molecular flexibility index (Phi) is 28.9. The van der Waals surface area contributed by atoms with Gasteiger partial charge in [0.15, 0.2) is 0 Å². The number of benzene rings is 2. The lowest BCUT2D eigenvalue weighted by Gasteiger charge is -2.22. The number of anilines is 2. The highest BCUT2D eigenvalue weighted by atomic mass is 16.2. The van der Waals surface area contributed by atoms with Crippen molar-refractivity contribution >= 4 is 23.4 Å². The summed E-state index contributed by atoms with van der Waals surface area (Å²) >= 11 is 0. The third-order valence-corrected chi connectivity index (χ3v) is 10.5. The van der Waals surface area contributed by atoms with E-state index in [-0.39, 0.29) is 12.1 Å². The van der Waals surface area contributed by atoms with E-state index in [2.05, 4.69) is 83.0 Å². The number of hydrogen-bond donors (Lipinski definition) is 4. The highest BCUT2D eigenvalue weighted by molar-refractivity contribution is 5.89. The SMILES string of the molecule is CCCCCCCCN(CCCCC)CCCNC(=O)Nc1ccc(Cc2ccc(NC(=O)NCCCN(CCCCC)CCCCCCCC)cc2)cc1. The average molecular weight is 763 g/mol. The molecule has 2 aromatic rings. The van der Waals surface area contributed by atoms with Crippen molar-refractivity contribution in [3.63, 3.8) is 0 Å². The Hall–Kier alpha value is -3.10. The summed E-state index contributed by atoms with van der Waals surface area (Å²) in [6.07, 6.45) is 26.2. The third kappa shape index (κ3) is 25.6. The molecule has 4 N–H and O–H groups in total. The van der Waals surface area contributed by atoms with Crippen LogP contribution in [0, 0.1) is 0 Å². The number of carbonyl (C=O) groups is 2. The van der Waals surface area contributed by atoms with E-state index in [1.54, 1.807) is 0 Å². The molecule has 8 heteroatoms. The lowest BCUT2D eigenvalue weighted by molar-refractivity contribution is 0.245. The van der Waals surface area contributed by atoms with Crippen LogP contribution >= 0.6 is 0 Å². The van der Waals surface area contributed by atoms with E-state index in [0.29, 0.717) is 13.1 Å². The van der Waals surface area contributed by atoms with Crippen LogP contribution in [0.3, 0.4) is 0 Å². The summed E-state index contributed by atoms with van der Waals surface area (Å²) in [5.41, 5.74) is 3.91. The van der Waals surface area contributed by atoms with Gasteiger partial charge in [-0.25, -0.2) is 9.59 Å². The van der Waals surface area contributed by atoms with Gasteiger partial charge < -0.3 is 31.1 Å². The van der Waals surface area contributed by atoms with E-state index in [9.17, 15) is 9.59 Å². The predicted molar refractivity (Wildman–Crippen MR) is 238 cm³/mol. The Labute approximate surface area is 337 Å². The Morgan fingerprint density at radius 1 is 0.400 bits per heavy atom. The minimum Gasteiger partial charge on any atom is -0.338 e. The van der Waals surface area contributed by atoms with Crippen molar-refractivity contribution < 1.29 is 9.59 Å². The van der Waals surface area contributed by atoms with Gasteiger partial charge in [-0.15, -0.1) is 0 Å². The Morgan fingerprint density at radius 3 is 1.05 bits per heavy atom. The number of urea groups is 2. The van der Waals surface area contributed by atoms with Gasteiger partial charge in [-0.05, 0) is 120 Å².